The Morgan fingerprint density at radius 3 is 2.55 bits per heavy atom. The minimum Gasteiger partial charge on any atom is -0.350 e. The predicted octanol–water partition coefficient (Wildman–Crippen LogP) is 1.28. The van der Waals surface area contributed by atoms with Gasteiger partial charge in [-0.2, -0.15) is 0 Å². The van der Waals surface area contributed by atoms with Crippen molar-refractivity contribution in [3.05, 3.63) is 76.0 Å². The van der Waals surface area contributed by atoms with E-state index in [1.165, 1.54) is 18.2 Å². The van der Waals surface area contributed by atoms with Gasteiger partial charge in [-0.15, -0.1) is 0 Å². The standard InChI is InChI=1S/C19H17N5O5/c1-23-11-15(14-7-2-3-8-16(14)23)19(27)22-21-17(25)10-20-18(26)12-5-4-6-13(9-12)24(28)29/h2-9,11H,10H2,1H3,(H,20,26)(H,21,25)(H,22,27). The lowest BCUT2D eigenvalue weighted by atomic mass is 10.2. The molecule has 10 heteroatoms. The van der Waals surface area contributed by atoms with Crippen LogP contribution in [0, 0.1) is 10.1 Å². The predicted molar refractivity (Wildman–Crippen MR) is 104 cm³/mol. The Balaban J connectivity index is 1.54. The lowest BCUT2D eigenvalue weighted by molar-refractivity contribution is -0.384. The van der Waals surface area contributed by atoms with Crippen LogP contribution >= 0.6 is 0 Å². The summed E-state index contributed by atoms with van der Waals surface area (Å²) in [4.78, 5) is 46.4. The van der Waals surface area contributed by atoms with Gasteiger partial charge >= 0.3 is 0 Å². The molecule has 0 saturated carbocycles. The van der Waals surface area contributed by atoms with Crippen LogP contribution in [-0.2, 0) is 11.8 Å². The summed E-state index contributed by atoms with van der Waals surface area (Å²) in [7, 11) is 1.81. The Morgan fingerprint density at radius 2 is 1.79 bits per heavy atom. The molecule has 148 valence electrons. The lowest BCUT2D eigenvalue weighted by Crippen LogP contribution is -2.46. The van der Waals surface area contributed by atoms with E-state index in [9.17, 15) is 24.5 Å². The highest BCUT2D eigenvalue weighted by molar-refractivity contribution is 6.07. The first-order valence-corrected chi connectivity index (χ1v) is 8.52. The van der Waals surface area contributed by atoms with Crippen molar-refractivity contribution >= 4 is 34.3 Å². The fourth-order valence-corrected chi connectivity index (χ4v) is 2.78. The summed E-state index contributed by atoms with van der Waals surface area (Å²) in [6.07, 6.45) is 1.65. The molecule has 3 N–H and O–H groups in total. The van der Waals surface area contributed by atoms with E-state index >= 15 is 0 Å². The number of hydrazine groups is 1. The fourth-order valence-electron chi connectivity index (χ4n) is 2.78. The van der Waals surface area contributed by atoms with E-state index in [0.29, 0.717) is 5.56 Å². The van der Waals surface area contributed by atoms with Gasteiger partial charge in [-0.05, 0) is 12.1 Å². The minimum atomic E-state index is -0.655. The first-order valence-electron chi connectivity index (χ1n) is 8.52. The van der Waals surface area contributed by atoms with E-state index in [0.717, 1.165) is 17.0 Å². The van der Waals surface area contributed by atoms with E-state index in [1.54, 1.807) is 29.9 Å². The second kappa shape index (κ2) is 8.21. The molecule has 3 rings (SSSR count). The van der Waals surface area contributed by atoms with Gasteiger partial charge in [-0.1, -0.05) is 24.3 Å². The Morgan fingerprint density at radius 1 is 1.03 bits per heavy atom. The number of para-hydroxylation sites is 1. The number of hydrogen-bond donors (Lipinski definition) is 3. The van der Waals surface area contributed by atoms with Crippen molar-refractivity contribution in [2.24, 2.45) is 7.05 Å². The van der Waals surface area contributed by atoms with Crippen LogP contribution in [0.2, 0.25) is 0 Å². The summed E-state index contributed by atoms with van der Waals surface area (Å²) >= 11 is 0. The van der Waals surface area contributed by atoms with Crippen LogP contribution in [0.25, 0.3) is 10.9 Å². The summed E-state index contributed by atoms with van der Waals surface area (Å²) in [5.41, 5.74) is 5.60. The van der Waals surface area contributed by atoms with Gasteiger partial charge in [-0.3, -0.25) is 35.3 Å². The highest BCUT2D eigenvalue weighted by Gasteiger charge is 2.15. The Bertz CT molecular complexity index is 1120. The van der Waals surface area contributed by atoms with Crippen LogP contribution in [0.15, 0.2) is 54.7 Å². The largest absolute Gasteiger partial charge is 0.350 e. The van der Waals surface area contributed by atoms with Crippen molar-refractivity contribution in [1.82, 2.24) is 20.7 Å². The number of amides is 3. The number of rotatable bonds is 5. The molecular formula is C19H17N5O5. The van der Waals surface area contributed by atoms with Gasteiger partial charge in [0.2, 0.25) is 0 Å². The van der Waals surface area contributed by atoms with E-state index < -0.39 is 29.2 Å². The van der Waals surface area contributed by atoms with Crippen molar-refractivity contribution in [2.75, 3.05) is 6.54 Å². The number of non-ortho nitro benzene ring substituents is 1. The first-order chi connectivity index (χ1) is 13.9. The summed E-state index contributed by atoms with van der Waals surface area (Å²) in [6, 6.07) is 12.5. The van der Waals surface area contributed by atoms with E-state index in [4.69, 9.17) is 0 Å². The average Bonchev–Trinajstić information content (AvgIpc) is 3.07. The molecule has 0 bridgehead atoms. The lowest BCUT2D eigenvalue weighted by Gasteiger charge is -2.08. The number of carbonyl (C=O) groups excluding carboxylic acids is 3. The van der Waals surface area contributed by atoms with Crippen LogP contribution in [0.4, 0.5) is 5.69 Å². The van der Waals surface area contributed by atoms with Crippen molar-refractivity contribution in [3.63, 3.8) is 0 Å². The molecule has 0 aliphatic rings. The number of carbonyl (C=O) groups is 3. The molecule has 3 amide bonds. The van der Waals surface area contributed by atoms with Crippen molar-refractivity contribution in [1.29, 1.82) is 0 Å². The molecule has 3 aromatic rings. The third-order valence-corrected chi connectivity index (χ3v) is 4.19. The highest BCUT2D eigenvalue weighted by Crippen LogP contribution is 2.19. The smallest absolute Gasteiger partial charge is 0.271 e. The summed E-state index contributed by atoms with van der Waals surface area (Å²) in [5, 5.41) is 13.8. The maximum Gasteiger partial charge on any atom is 0.271 e. The molecule has 29 heavy (non-hydrogen) atoms. The van der Waals surface area contributed by atoms with Gasteiger partial charge in [0.25, 0.3) is 23.4 Å². The number of nitrogens with one attached hydrogen (secondary N) is 3. The summed E-state index contributed by atoms with van der Waals surface area (Å²) < 4.78 is 1.80. The SMILES string of the molecule is Cn1cc(C(=O)NNC(=O)CNC(=O)c2cccc([N+](=O)[O-])c2)c2ccccc21. The van der Waals surface area contributed by atoms with Crippen molar-refractivity contribution < 1.29 is 19.3 Å². The molecule has 1 heterocycles. The zero-order valence-corrected chi connectivity index (χ0v) is 15.3. The monoisotopic (exact) mass is 395 g/mol. The number of nitro benzene ring substituents is 1. The highest BCUT2D eigenvalue weighted by atomic mass is 16.6. The van der Waals surface area contributed by atoms with Crippen LogP contribution in [0.1, 0.15) is 20.7 Å². The number of nitro groups is 1. The Kier molecular flexibility index (Phi) is 5.54. The molecular weight excluding hydrogens is 378 g/mol. The van der Waals surface area contributed by atoms with Crippen LogP contribution in [0.5, 0.6) is 0 Å². The zero-order valence-electron chi connectivity index (χ0n) is 15.3. The quantitative estimate of drug-likeness (QED) is 0.442. The van der Waals surface area contributed by atoms with E-state index in [2.05, 4.69) is 16.2 Å². The number of nitrogens with zero attached hydrogens (tertiary/aromatic N) is 2. The summed E-state index contributed by atoms with van der Waals surface area (Å²) in [5.74, 6) is -1.80. The van der Waals surface area contributed by atoms with E-state index in [-0.39, 0.29) is 11.3 Å². The number of aryl methyl sites for hydroxylation is 1. The molecule has 0 radical (unpaired) electrons. The Labute approximate surface area is 164 Å². The number of benzene rings is 2. The maximum atomic E-state index is 12.3. The van der Waals surface area contributed by atoms with Crippen LogP contribution in [-0.4, -0.2) is 33.8 Å². The topological polar surface area (TPSA) is 135 Å². The second-order valence-corrected chi connectivity index (χ2v) is 6.16. The molecule has 0 aliphatic heterocycles. The van der Waals surface area contributed by atoms with Crippen molar-refractivity contribution in [2.45, 2.75) is 0 Å². The summed E-state index contributed by atoms with van der Waals surface area (Å²) in [6.45, 7) is -0.419. The zero-order chi connectivity index (χ0) is 21.0. The van der Waals surface area contributed by atoms with Gasteiger partial charge in [0.1, 0.15) is 0 Å². The molecule has 10 nitrogen and oxygen atoms in total. The molecule has 0 saturated heterocycles. The van der Waals surface area contributed by atoms with Gasteiger partial charge in [0.15, 0.2) is 0 Å². The molecule has 0 spiro atoms. The number of aromatic nitrogens is 1. The average molecular weight is 395 g/mol. The van der Waals surface area contributed by atoms with Gasteiger partial charge < -0.3 is 9.88 Å². The number of hydrogen-bond acceptors (Lipinski definition) is 5. The third-order valence-electron chi connectivity index (χ3n) is 4.19. The van der Waals surface area contributed by atoms with Gasteiger partial charge in [0.05, 0.1) is 17.0 Å². The van der Waals surface area contributed by atoms with Crippen LogP contribution in [0.3, 0.4) is 0 Å². The molecule has 2 aromatic carbocycles. The van der Waals surface area contributed by atoms with Gasteiger partial charge in [0, 0.05) is 41.8 Å². The van der Waals surface area contributed by atoms with E-state index in [1.807, 2.05) is 12.1 Å². The Hall–Kier alpha value is -4.21. The van der Waals surface area contributed by atoms with Gasteiger partial charge in [-0.25, -0.2) is 0 Å². The second-order valence-electron chi connectivity index (χ2n) is 6.16. The fraction of sp³-hybridized carbons (Fsp3) is 0.105. The molecule has 0 atom stereocenters. The molecule has 1 aromatic heterocycles. The number of fused-ring (bicyclic) bond motifs is 1. The molecule has 0 unspecified atom stereocenters. The van der Waals surface area contributed by atoms with Crippen LogP contribution < -0.4 is 16.2 Å². The van der Waals surface area contributed by atoms with Crippen molar-refractivity contribution in [3.8, 4) is 0 Å². The molecule has 0 aliphatic carbocycles. The minimum absolute atomic E-state index is 0.0480. The third kappa shape index (κ3) is 4.38. The molecule has 0 fully saturated rings. The first kappa shape index (κ1) is 19.5. The maximum absolute atomic E-state index is 12.3. The normalized spacial score (nSPS) is 10.4.